The van der Waals surface area contributed by atoms with Gasteiger partial charge in [0.05, 0.1) is 5.56 Å². The number of rotatable bonds is 3. The molecule has 1 heterocycles. The molecule has 0 bridgehead atoms. The molecular weight excluding hydrogens is 300 g/mol. The summed E-state index contributed by atoms with van der Waals surface area (Å²) in [6, 6.07) is 9.03. The summed E-state index contributed by atoms with van der Waals surface area (Å²) in [5, 5.41) is 0. The molecule has 120 valence electrons. The minimum atomic E-state index is -0.242. The van der Waals surface area contributed by atoms with Crippen LogP contribution in [0.5, 0.6) is 0 Å². The molecule has 0 amide bonds. The molecule has 4 heteroatoms. The number of fused-ring (bicyclic) bond motifs is 1. The van der Waals surface area contributed by atoms with Gasteiger partial charge in [-0.25, -0.2) is 0 Å². The zero-order chi connectivity index (χ0) is 17.4. The van der Waals surface area contributed by atoms with Crippen LogP contribution in [-0.4, -0.2) is 30.6 Å². The van der Waals surface area contributed by atoms with Gasteiger partial charge in [-0.3, -0.25) is 14.6 Å². The lowest BCUT2D eigenvalue weighted by molar-refractivity contribution is 0.0997. The van der Waals surface area contributed by atoms with E-state index in [-0.39, 0.29) is 17.3 Å². The van der Waals surface area contributed by atoms with Gasteiger partial charge in [0.15, 0.2) is 5.78 Å². The first-order chi connectivity index (χ1) is 11.4. The van der Waals surface area contributed by atoms with Crippen molar-refractivity contribution in [3.05, 3.63) is 71.6 Å². The molecule has 0 fully saturated rings. The van der Waals surface area contributed by atoms with E-state index < -0.39 is 0 Å². The molecule has 0 N–H and O–H groups in total. The highest BCUT2D eigenvalue weighted by molar-refractivity contribution is 6.38. The fourth-order valence-corrected chi connectivity index (χ4v) is 2.84. The Hall–Kier alpha value is -3.01. The summed E-state index contributed by atoms with van der Waals surface area (Å²) < 4.78 is 0. The third-order valence-corrected chi connectivity index (χ3v) is 4.05. The quantitative estimate of drug-likeness (QED) is 0.867. The van der Waals surface area contributed by atoms with E-state index in [1.807, 2.05) is 44.1 Å². The number of pyridine rings is 1. The maximum absolute atomic E-state index is 12.8. The number of carbonyl (C=O) groups excluding carboxylic acids is 2. The van der Waals surface area contributed by atoms with Gasteiger partial charge in [0, 0.05) is 37.1 Å². The number of aromatic nitrogens is 1. The number of Topliss-reactive ketones (excluding diaryl/α,β-unsaturated/α-hetero) is 1. The van der Waals surface area contributed by atoms with Crippen molar-refractivity contribution in [3.8, 4) is 0 Å². The number of nitrogens with zero attached hydrogens (tertiary/aromatic N) is 2. The van der Waals surface area contributed by atoms with Gasteiger partial charge < -0.3 is 4.90 Å². The van der Waals surface area contributed by atoms with Gasteiger partial charge in [0.1, 0.15) is 5.69 Å². The molecular formula is C20H18N2O2. The van der Waals surface area contributed by atoms with Crippen molar-refractivity contribution >= 4 is 28.4 Å². The maximum Gasteiger partial charge on any atom is 0.205 e. The SMILES string of the molecule is C=C(C)c1cc(C2=CC(=O)c3ncccc3C2=O)ccc1N(C)C. The van der Waals surface area contributed by atoms with Crippen molar-refractivity contribution in [2.75, 3.05) is 19.0 Å². The number of anilines is 1. The topological polar surface area (TPSA) is 50.3 Å². The predicted octanol–water partition coefficient (Wildman–Crippen LogP) is 3.64. The first-order valence-corrected chi connectivity index (χ1v) is 7.63. The minimum absolute atomic E-state index is 0.178. The fraction of sp³-hybridized carbons (Fsp3) is 0.150. The molecule has 24 heavy (non-hydrogen) atoms. The fourth-order valence-electron chi connectivity index (χ4n) is 2.84. The molecule has 1 aromatic heterocycles. The molecule has 0 saturated carbocycles. The van der Waals surface area contributed by atoms with Crippen LogP contribution in [0.3, 0.4) is 0 Å². The van der Waals surface area contributed by atoms with E-state index in [0.29, 0.717) is 16.7 Å². The minimum Gasteiger partial charge on any atom is -0.377 e. The standard InChI is InChI=1S/C20H18N2O2/c1-12(2)15-10-13(7-8-17(15)22(3)4)16-11-18(23)19-14(20(16)24)6-5-9-21-19/h5-11H,1H2,2-4H3. The summed E-state index contributed by atoms with van der Waals surface area (Å²) in [6.45, 7) is 5.94. The Morgan fingerprint density at radius 3 is 2.58 bits per heavy atom. The average molecular weight is 318 g/mol. The predicted molar refractivity (Wildman–Crippen MR) is 96.4 cm³/mol. The van der Waals surface area contributed by atoms with Crippen LogP contribution in [-0.2, 0) is 0 Å². The second-order valence-corrected chi connectivity index (χ2v) is 6.06. The number of hydrogen-bond donors (Lipinski definition) is 0. The highest BCUT2D eigenvalue weighted by Crippen LogP contribution is 2.32. The average Bonchev–Trinajstić information content (AvgIpc) is 2.57. The highest BCUT2D eigenvalue weighted by Gasteiger charge is 2.27. The molecule has 4 nitrogen and oxygen atoms in total. The Morgan fingerprint density at radius 1 is 1.17 bits per heavy atom. The van der Waals surface area contributed by atoms with Gasteiger partial charge in [0.25, 0.3) is 0 Å². The third kappa shape index (κ3) is 2.56. The number of ketones is 2. The van der Waals surface area contributed by atoms with Crippen LogP contribution in [0.2, 0.25) is 0 Å². The monoisotopic (exact) mass is 318 g/mol. The van der Waals surface area contributed by atoms with Crippen molar-refractivity contribution < 1.29 is 9.59 Å². The Bertz CT molecular complexity index is 908. The van der Waals surface area contributed by atoms with Crippen molar-refractivity contribution in [3.63, 3.8) is 0 Å². The smallest absolute Gasteiger partial charge is 0.205 e. The molecule has 1 aliphatic rings. The van der Waals surface area contributed by atoms with Gasteiger partial charge in [-0.15, -0.1) is 0 Å². The number of carbonyl (C=O) groups is 2. The number of benzene rings is 1. The largest absolute Gasteiger partial charge is 0.377 e. The molecule has 2 aromatic rings. The van der Waals surface area contributed by atoms with Gasteiger partial charge >= 0.3 is 0 Å². The molecule has 1 aliphatic carbocycles. The van der Waals surface area contributed by atoms with Crippen molar-refractivity contribution in [1.29, 1.82) is 0 Å². The Balaban J connectivity index is 2.14. The van der Waals surface area contributed by atoms with E-state index >= 15 is 0 Å². The van der Waals surface area contributed by atoms with Gasteiger partial charge in [-0.05, 0) is 48.4 Å². The molecule has 1 aromatic carbocycles. The van der Waals surface area contributed by atoms with Crippen LogP contribution in [0.4, 0.5) is 5.69 Å². The number of allylic oxidation sites excluding steroid dienone is 3. The highest BCUT2D eigenvalue weighted by atomic mass is 16.1. The zero-order valence-electron chi connectivity index (χ0n) is 14.0. The maximum atomic E-state index is 12.8. The van der Waals surface area contributed by atoms with Crippen LogP contribution in [0.15, 0.2) is 49.2 Å². The second-order valence-electron chi connectivity index (χ2n) is 6.06. The summed E-state index contributed by atoms with van der Waals surface area (Å²) in [4.78, 5) is 31.1. The van der Waals surface area contributed by atoms with E-state index in [1.54, 1.807) is 12.1 Å². The van der Waals surface area contributed by atoms with Crippen LogP contribution in [0.25, 0.3) is 11.1 Å². The molecule has 0 aliphatic heterocycles. The van der Waals surface area contributed by atoms with Gasteiger partial charge in [-0.1, -0.05) is 12.6 Å². The van der Waals surface area contributed by atoms with Crippen molar-refractivity contribution in [1.82, 2.24) is 4.98 Å². The molecule has 0 atom stereocenters. The Kier molecular flexibility index (Phi) is 3.89. The molecule has 0 saturated heterocycles. The molecule has 0 radical (unpaired) electrons. The lowest BCUT2D eigenvalue weighted by atomic mass is 9.87. The number of hydrogen-bond acceptors (Lipinski definition) is 4. The third-order valence-electron chi connectivity index (χ3n) is 4.05. The Morgan fingerprint density at radius 2 is 1.92 bits per heavy atom. The first kappa shape index (κ1) is 15.9. The Labute approximate surface area is 141 Å². The van der Waals surface area contributed by atoms with E-state index in [0.717, 1.165) is 16.8 Å². The van der Waals surface area contributed by atoms with Crippen molar-refractivity contribution in [2.24, 2.45) is 0 Å². The van der Waals surface area contributed by atoms with Gasteiger partial charge in [-0.2, -0.15) is 0 Å². The van der Waals surface area contributed by atoms with E-state index in [4.69, 9.17) is 0 Å². The van der Waals surface area contributed by atoms with Crippen LogP contribution in [0.1, 0.15) is 38.9 Å². The summed E-state index contributed by atoms with van der Waals surface area (Å²) in [6.07, 6.45) is 2.90. The van der Waals surface area contributed by atoms with Crippen LogP contribution in [0, 0.1) is 0 Å². The first-order valence-electron chi connectivity index (χ1n) is 7.63. The summed E-state index contributed by atoms with van der Waals surface area (Å²) >= 11 is 0. The summed E-state index contributed by atoms with van der Waals surface area (Å²) in [5.41, 5.74) is 4.56. The van der Waals surface area contributed by atoms with E-state index in [1.165, 1.54) is 12.3 Å². The molecule has 0 unspecified atom stereocenters. The normalized spacial score (nSPS) is 13.4. The van der Waals surface area contributed by atoms with Crippen LogP contribution < -0.4 is 4.90 Å². The molecule has 0 spiro atoms. The lowest BCUT2D eigenvalue weighted by Gasteiger charge is -2.20. The lowest BCUT2D eigenvalue weighted by Crippen LogP contribution is -2.18. The second kappa shape index (κ2) is 5.89. The van der Waals surface area contributed by atoms with Crippen LogP contribution >= 0.6 is 0 Å². The summed E-state index contributed by atoms with van der Waals surface area (Å²) in [5.74, 6) is -0.420. The molecule has 3 rings (SSSR count). The van der Waals surface area contributed by atoms with E-state index in [9.17, 15) is 9.59 Å². The zero-order valence-corrected chi connectivity index (χ0v) is 14.0. The van der Waals surface area contributed by atoms with E-state index in [2.05, 4.69) is 11.6 Å². The van der Waals surface area contributed by atoms with Crippen molar-refractivity contribution in [2.45, 2.75) is 6.92 Å². The van der Waals surface area contributed by atoms with Gasteiger partial charge in [0.2, 0.25) is 5.78 Å². The summed E-state index contributed by atoms with van der Waals surface area (Å²) in [7, 11) is 3.91.